The Bertz CT molecular complexity index is 356. The van der Waals surface area contributed by atoms with Gasteiger partial charge in [0, 0.05) is 32.1 Å². The number of hydrogen-bond acceptors (Lipinski definition) is 2. The first-order valence-electron chi connectivity index (χ1n) is 8.60. The fourth-order valence-electron chi connectivity index (χ4n) is 3.24. The minimum Gasteiger partial charge on any atom is -0.370 e. The number of carbonyl (C=O) groups excluding carboxylic acids is 1. The Morgan fingerprint density at radius 2 is 1.91 bits per heavy atom. The Hall–Kier alpha value is -0.530. The average Bonchev–Trinajstić information content (AvgIpc) is 2.69. The lowest BCUT2D eigenvalue weighted by molar-refractivity contribution is -0.130. The molecule has 2 rings (SSSR count). The molecular weight excluding hydrogens is 391 g/mol. The number of aliphatic imine (C=N–C) groups is 1. The number of guanidine groups is 1. The number of rotatable bonds is 5. The normalized spacial score (nSPS) is 21.2. The summed E-state index contributed by atoms with van der Waals surface area (Å²) in [6.07, 6.45) is 11.3. The van der Waals surface area contributed by atoms with Crippen LogP contribution in [0.2, 0.25) is 0 Å². The van der Waals surface area contributed by atoms with E-state index in [4.69, 9.17) is 5.73 Å². The first-order chi connectivity index (χ1) is 10.3. The van der Waals surface area contributed by atoms with Crippen molar-refractivity contribution in [1.29, 1.82) is 0 Å². The second kappa shape index (κ2) is 11.1. The number of nitrogens with one attached hydrogen (secondary N) is 1. The van der Waals surface area contributed by atoms with E-state index in [0.29, 0.717) is 30.9 Å². The zero-order valence-corrected chi connectivity index (χ0v) is 15.9. The van der Waals surface area contributed by atoms with Crippen molar-refractivity contribution in [3.63, 3.8) is 0 Å². The fourth-order valence-corrected chi connectivity index (χ4v) is 3.24. The van der Waals surface area contributed by atoms with Crippen molar-refractivity contribution in [3.05, 3.63) is 0 Å². The van der Waals surface area contributed by atoms with Crippen LogP contribution in [0.4, 0.5) is 0 Å². The van der Waals surface area contributed by atoms with Crippen LogP contribution in [0.1, 0.15) is 64.2 Å². The maximum atomic E-state index is 11.9. The molecule has 1 heterocycles. The van der Waals surface area contributed by atoms with Gasteiger partial charge in [0.1, 0.15) is 0 Å². The van der Waals surface area contributed by atoms with Crippen molar-refractivity contribution in [2.45, 2.75) is 70.3 Å². The van der Waals surface area contributed by atoms with E-state index in [-0.39, 0.29) is 24.0 Å². The van der Waals surface area contributed by atoms with Crippen LogP contribution >= 0.6 is 24.0 Å². The zero-order valence-electron chi connectivity index (χ0n) is 13.6. The molecular formula is C16H31IN4O. The van der Waals surface area contributed by atoms with E-state index in [2.05, 4.69) is 10.3 Å². The molecule has 1 saturated carbocycles. The van der Waals surface area contributed by atoms with Gasteiger partial charge in [0.05, 0.1) is 0 Å². The van der Waals surface area contributed by atoms with Crippen LogP contribution < -0.4 is 11.1 Å². The summed E-state index contributed by atoms with van der Waals surface area (Å²) in [6.45, 7) is 2.44. The Kier molecular flexibility index (Phi) is 9.82. The van der Waals surface area contributed by atoms with E-state index in [9.17, 15) is 4.79 Å². The molecule has 6 heteroatoms. The Morgan fingerprint density at radius 3 is 2.68 bits per heavy atom. The van der Waals surface area contributed by atoms with Gasteiger partial charge < -0.3 is 16.0 Å². The van der Waals surface area contributed by atoms with E-state index in [1.54, 1.807) is 0 Å². The van der Waals surface area contributed by atoms with Gasteiger partial charge in [-0.15, -0.1) is 24.0 Å². The minimum atomic E-state index is 0. The summed E-state index contributed by atoms with van der Waals surface area (Å²) in [4.78, 5) is 18.2. The molecule has 22 heavy (non-hydrogen) atoms. The molecule has 0 atom stereocenters. The molecule has 1 saturated heterocycles. The van der Waals surface area contributed by atoms with Crippen LogP contribution in [0.3, 0.4) is 0 Å². The summed E-state index contributed by atoms with van der Waals surface area (Å²) in [5.41, 5.74) is 5.93. The largest absolute Gasteiger partial charge is 0.370 e. The fraction of sp³-hybridized carbons (Fsp3) is 0.875. The van der Waals surface area contributed by atoms with Gasteiger partial charge in [0.2, 0.25) is 5.91 Å². The molecule has 0 aromatic carbocycles. The highest BCUT2D eigenvalue weighted by Crippen LogP contribution is 2.17. The van der Waals surface area contributed by atoms with Gasteiger partial charge in [-0.3, -0.25) is 9.79 Å². The molecule has 1 aliphatic carbocycles. The molecule has 0 aromatic rings. The van der Waals surface area contributed by atoms with E-state index in [0.717, 1.165) is 32.4 Å². The van der Waals surface area contributed by atoms with Crippen LogP contribution in [0.15, 0.2) is 4.99 Å². The average molecular weight is 422 g/mol. The minimum absolute atomic E-state index is 0. The van der Waals surface area contributed by atoms with Crippen LogP contribution in [-0.4, -0.2) is 42.4 Å². The topological polar surface area (TPSA) is 70.7 Å². The quantitative estimate of drug-likeness (QED) is 0.310. The van der Waals surface area contributed by atoms with Gasteiger partial charge in [-0.2, -0.15) is 0 Å². The lowest BCUT2D eigenvalue weighted by Gasteiger charge is -2.23. The summed E-state index contributed by atoms with van der Waals surface area (Å²) in [5, 5.41) is 3.32. The second-order valence-electron chi connectivity index (χ2n) is 6.29. The van der Waals surface area contributed by atoms with Crippen LogP contribution in [0.5, 0.6) is 0 Å². The van der Waals surface area contributed by atoms with Crippen LogP contribution in [0, 0.1) is 0 Å². The first kappa shape index (κ1) is 19.5. The van der Waals surface area contributed by atoms with E-state index < -0.39 is 0 Å². The van der Waals surface area contributed by atoms with Crippen molar-refractivity contribution in [1.82, 2.24) is 10.2 Å². The summed E-state index contributed by atoms with van der Waals surface area (Å²) in [7, 11) is 0. The Balaban J connectivity index is 0.00000242. The predicted molar refractivity (Wildman–Crippen MR) is 102 cm³/mol. The number of nitrogens with two attached hydrogens (primary N) is 1. The highest BCUT2D eigenvalue weighted by molar-refractivity contribution is 14.0. The van der Waals surface area contributed by atoms with Crippen molar-refractivity contribution in [3.8, 4) is 0 Å². The van der Waals surface area contributed by atoms with Crippen LogP contribution in [-0.2, 0) is 4.79 Å². The molecule has 0 radical (unpaired) electrons. The second-order valence-corrected chi connectivity index (χ2v) is 6.29. The highest BCUT2D eigenvalue weighted by Gasteiger charge is 2.16. The molecule has 0 bridgehead atoms. The smallest absolute Gasteiger partial charge is 0.222 e. The van der Waals surface area contributed by atoms with Gasteiger partial charge in [0.25, 0.3) is 0 Å². The zero-order chi connectivity index (χ0) is 14.9. The van der Waals surface area contributed by atoms with Gasteiger partial charge in [0.15, 0.2) is 5.96 Å². The van der Waals surface area contributed by atoms with E-state index in [1.165, 1.54) is 38.5 Å². The number of carbonyl (C=O) groups is 1. The lowest BCUT2D eigenvalue weighted by atomic mass is 9.96. The number of nitrogens with zero attached hydrogens (tertiary/aromatic N) is 2. The molecule has 2 fully saturated rings. The molecule has 0 unspecified atom stereocenters. The number of halogens is 1. The van der Waals surface area contributed by atoms with Crippen molar-refractivity contribution >= 4 is 35.8 Å². The highest BCUT2D eigenvalue weighted by atomic mass is 127. The van der Waals surface area contributed by atoms with Gasteiger partial charge in [-0.05, 0) is 32.1 Å². The van der Waals surface area contributed by atoms with Crippen molar-refractivity contribution in [2.24, 2.45) is 10.7 Å². The van der Waals surface area contributed by atoms with Crippen LogP contribution in [0.25, 0.3) is 0 Å². The molecule has 5 nitrogen and oxygen atoms in total. The molecule has 128 valence electrons. The summed E-state index contributed by atoms with van der Waals surface area (Å²) in [6, 6.07) is 0.509. The van der Waals surface area contributed by atoms with Crippen molar-refractivity contribution < 1.29 is 4.79 Å². The summed E-state index contributed by atoms with van der Waals surface area (Å²) in [5.74, 6) is 0.883. The van der Waals surface area contributed by atoms with E-state index >= 15 is 0 Å². The monoisotopic (exact) mass is 422 g/mol. The van der Waals surface area contributed by atoms with E-state index in [1.807, 2.05) is 4.90 Å². The molecule has 2 aliphatic rings. The van der Waals surface area contributed by atoms with Gasteiger partial charge in [-0.25, -0.2) is 0 Å². The SMILES string of the molecule is I.NC(=NCCCN1CCCCCC1=O)NC1CCCCC1. The standard InChI is InChI=1S/C16H30N4O.HI/c17-16(19-14-8-3-1-4-9-14)18-11-7-13-20-12-6-2-5-10-15(20)21;/h14H,1-13H2,(H3,17,18,19);1H. The Morgan fingerprint density at radius 1 is 1.18 bits per heavy atom. The molecule has 0 aromatic heterocycles. The maximum absolute atomic E-state index is 11.9. The number of hydrogen-bond donors (Lipinski definition) is 2. The summed E-state index contributed by atoms with van der Waals surface area (Å²) >= 11 is 0. The predicted octanol–water partition coefficient (Wildman–Crippen LogP) is 2.63. The Labute approximate surface area is 151 Å². The first-order valence-corrected chi connectivity index (χ1v) is 8.60. The van der Waals surface area contributed by atoms with Crippen molar-refractivity contribution in [2.75, 3.05) is 19.6 Å². The summed E-state index contributed by atoms with van der Waals surface area (Å²) < 4.78 is 0. The number of amides is 1. The maximum Gasteiger partial charge on any atom is 0.222 e. The molecule has 1 amide bonds. The third kappa shape index (κ3) is 7.15. The lowest BCUT2D eigenvalue weighted by Crippen LogP contribution is -2.41. The third-order valence-electron chi connectivity index (χ3n) is 4.50. The molecule has 3 N–H and O–H groups in total. The van der Waals surface area contributed by atoms with Gasteiger partial charge in [-0.1, -0.05) is 25.7 Å². The van der Waals surface area contributed by atoms with Gasteiger partial charge >= 0.3 is 0 Å². The number of likely N-dealkylation sites (tertiary alicyclic amines) is 1. The third-order valence-corrected chi connectivity index (χ3v) is 4.50. The molecule has 1 aliphatic heterocycles. The molecule has 0 spiro atoms.